The smallest absolute Gasteiger partial charge is 0.265 e. The minimum atomic E-state index is -4.20. The Kier molecular flexibility index (Phi) is 5.18. The average Bonchev–Trinajstić information content (AvgIpc) is 2.54. The summed E-state index contributed by atoms with van der Waals surface area (Å²) in [6.07, 6.45) is 0. The third-order valence-corrected chi connectivity index (χ3v) is 4.85. The van der Waals surface area contributed by atoms with Crippen molar-refractivity contribution in [1.29, 1.82) is 0 Å². The molecule has 0 aliphatic rings. The highest BCUT2D eigenvalue weighted by Gasteiger charge is 2.25. The van der Waals surface area contributed by atoms with Crippen molar-refractivity contribution >= 4 is 15.9 Å². The van der Waals surface area contributed by atoms with Gasteiger partial charge >= 0.3 is 0 Å². The van der Waals surface area contributed by atoms with E-state index >= 15 is 0 Å². The van der Waals surface area contributed by atoms with Crippen LogP contribution in [0.1, 0.15) is 36.7 Å². The number of rotatable bonds is 3. The van der Waals surface area contributed by atoms with Gasteiger partial charge in [0.2, 0.25) is 10.0 Å². The topological polar surface area (TPSA) is 115 Å². The van der Waals surface area contributed by atoms with Gasteiger partial charge in [-0.25, -0.2) is 28.2 Å². The average molecular weight is 383 g/mol. The molecule has 6 nitrogen and oxygen atoms in total. The summed E-state index contributed by atoms with van der Waals surface area (Å²) in [4.78, 5) is 11.7. The molecule has 0 radical (unpaired) electrons. The van der Waals surface area contributed by atoms with Crippen molar-refractivity contribution < 1.29 is 22.0 Å². The molecular formula is C17H19F2N3O3S. The molecule has 0 aliphatic heterocycles. The Morgan fingerprint density at radius 3 is 2.12 bits per heavy atom. The summed E-state index contributed by atoms with van der Waals surface area (Å²) in [5.41, 5.74) is 1.70. The molecule has 2 aromatic rings. The number of primary sulfonamides is 1. The predicted octanol–water partition coefficient (Wildman–Crippen LogP) is 2.18. The number of benzene rings is 2. The lowest BCUT2D eigenvalue weighted by Crippen LogP contribution is -2.30. The molecule has 0 saturated carbocycles. The van der Waals surface area contributed by atoms with Crippen molar-refractivity contribution in [3.8, 4) is 11.1 Å². The third kappa shape index (κ3) is 3.90. The van der Waals surface area contributed by atoms with Gasteiger partial charge in [0.1, 0.15) is 0 Å². The molecule has 26 heavy (non-hydrogen) atoms. The fourth-order valence-corrected chi connectivity index (χ4v) is 3.22. The second-order valence-corrected chi connectivity index (χ2v) is 8.32. The zero-order chi connectivity index (χ0) is 19.9. The molecule has 0 bridgehead atoms. The first-order valence-corrected chi connectivity index (χ1v) is 9.08. The van der Waals surface area contributed by atoms with E-state index in [-0.39, 0.29) is 27.0 Å². The Morgan fingerprint density at radius 2 is 1.62 bits per heavy atom. The normalized spacial score (nSPS) is 12.1. The van der Waals surface area contributed by atoms with Gasteiger partial charge in [0.25, 0.3) is 5.91 Å². The van der Waals surface area contributed by atoms with Crippen molar-refractivity contribution in [2.75, 3.05) is 0 Å². The SMILES string of the molecule is CC(C)(C)c1ccc(S(N)(=O)=O)c(-c2cc(F)c(F)cc2C(=O)NN)c1. The monoisotopic (exact) mass is 383 g/mol. The zero-order valence-corrected chi connectivity index (χ0v) is 15.2. The van der Waals surface area contributed by atoms with Gasteiger partial charge < -0.3 is 0 Å². The van der Waals surface area contributed by atoms with Gasteiger partial charge in [-0.1, -0.05) is 26.8 Å². The van der Waals surface area contributed by atoms with E-state index in [0.29, 0.717) is 11.6 Å². The van der Waals surface area contributed by atoms with Gasteiger partial charge in [0.15, 0.2) is 11.6 Å². The highest BCUT2D eigenvalue weighted by atomic mass is 32.2. The lowest BCUT2D eigenvalue weighted by molar-refractivity contribution is 0.0953. The number of halogens is 2. The Morgan fingerprint density at radius 1 is 1.04 bits per heavy atom. The van der Waals surface area contributed by atoms with Crippen LogP contribution in [0.25, 0.3) is 11.1 Å². The number of nitrogen functional groups attached to an aromatic ring is 1. The molecule has 5 N–H and O–H groups in total. The molecule has 0 aromatic heterocycles. The Hall–Kier alpha value is -2.36. The Labute approximate surface area is 150 Å². The summed E-state index contributed by atoms with van der Waals surface area (Å²) in [6.45, 7) is 5.67. The van der Waals surface area contributed by atoms with E-state index in [0.717, 1.165) is 6.07 Å². The molecular weight excluding hydrogens is 364 g/mol. The number of hydrazine groups is 1. The van der Waals surface area contributed by atoms with Crippen molar-refractivity contribution in [3.05, 3.63) is 53.1 Å². The summed E-state index contributed by atoms with van der Waals surface area (Å²) in [5, 5.41) is 5.26. The van der Waals surface area contributed by atoms with Crippen LogP contribution in [0.15, 0.2) is 35.2 Å². The van der Waals surface area contributed by atoms with E-state index in [9.17, 15) is 22.0 Å². The number of amides is 1. The second kappa shape index (κ2) is 6.75. The first kappa shape index (κ1) is 20.0. The lowest BCUT2D eigenvalue weighted by atomic mass is 9.85. The molecule has 0 saturated heterocycles. The molecule has 2 rings (SSSR count). The molecule has 2 aromatic carbocycles. The van der Waals surface area contributed by atoms with Gasteiger partial charge in [0.05, 0.1) is 10.5 Å². The number of carbonyl (C=O) groups is 1. The number of hydrogen-bond donors (Lipinski definition) is 3. The Bertz CT molecular complexity index is 983. The maximum Gasteiger partial charge on any atom is 0.265 e. The summed E-state index contributed by atoms with van der Waals surface area (Å²) in [5.74, 6) is 1.69. The molecule has 0 aliphatic carbocycles. The van der Waals surface area contributed by atoms with Crippen molar-refractivity contribution in [2.24, 2.45) is 11.0 Å². The van der Waals surface area contributed by atoms with Gasteiger partial charge in [-0.15, -0.1) is 0 Å². The molecule has 0 atom stereocenters. The van der Waals surface area contributed by atoms with Crippen LogP contribution in [0.2, 0.25) is 0 Å². The maximum atomic E-state index is 13.9. The van der Waals surface area contributed by atoms with Gasteiger partial charge in [0, 0.05) is 5.56 Å². The molecule has 0 unspecified atom stereocenters. The van der Waals surface area contributed by atoms with Crippen LogP contribution >= 0.6 is 0 Å². The minimum absolute atomic E-state index is 0.0163. The van der Waals surface area contributed by atoms with Crippen molar-refractivity contribution in [1.82, 2.24) is 5.43 Å². The number of sulfonamides is 1. The standard InChI is InChI=1S/C17H19F2N3O3S/c1-17(2,3)9-4-5-15(26(21,24)25)11(6-9)10-7-13(18)14(19)8-12(10)16(23)22-20/h4-8H,20H2,1-3H3,(H,22,23)(H2,21,24,25). The summed E-state index contributed by atoms with van der Waals surface area (Å²) >= 11 is 0. The van der Waals surface area contributed by atoms with Crippen LogP contribution in [-0.2, 0) is 15.4 Å². The van der Waals surface area contributed by atoms with E-state index in [4.69, 9.17) is 11.0 Å². The predicted molar refractivity (Wildman–Crippen MR) is 93.5 cm³/mol. The van der Waals surface area contributed by atoms with E-state index in [1.54, 1.807) is 6.07 Å². The van der Waals surface area contributed by atoms with Crippen LogP contribution in [0.4, 0.5) is 8.78 Å². The molecule has 0 heterocycles. The quantitative estimate of drug-likeness (QED) is 0.428. The third-order valence-electron chi connectivity index (χ3n) is 3.88. The van der Waals surface area contributed by atoms with E-state index < -0.39 is 27.6 Å². The molecule has 9 heteroatoms. The summed E-state index contributed by atoms with van der Waals surface area (Å²) < 4.78 is 51.4. The molecule has 0 fully saturated rings. The molecule has 1 amide bonds. The van der Waals surface area contributed by atoms with E-state index in [1.165, 1.54) is 12.1 Å². The van der Waals surface area contributed by atoms with Crippen LogP contribution in [0.5, 0.6) is 0 Å². The largest absolute Gasteiger partial charge is 0.290 e. The number of carbonyl (C=O) groups excluding carboxylic acids is 1. The first-order chi connectivity index (χ1) is 11.9. The highest BCUT2D eigenvalue weighted by molar-refractivity contribution is 7.89. The molecule has 140 valence electrons. The van der Waals surface area contributed by atoms with Gasteiger partial charge in [-0.2, -0.15) is 0 Å². The van der Waals surface area contributed by atoms with Crippen LogP contribution in [0, 0.1) is 11.6 Å². The first-order valence-electron chi connectivity index (χ1n) is 7.54. The number of hydrogen-bond acceptors (Lipinski definition) is 4. The minimum Gasteiger partial charge on any atom is -0.290 e. The second-order valence-electron chi connectivity index (χ2n) is 6.79. The lowest BCUT2D eigenvalue weighted by Gasteiger charge is -2.22. The molecule has 0 spiro atoms. The van der Waals surface area contributed by atoms with Crippen LogP contribution in [0.3, 0.4) is 0 Å². The van der Waals surface area contributed by atoms with Crippen LogP contribution < -0.4 is 16.4 Å². The maximum absolute atomic E-state index is 13.9. The fraction of sp³-hybridized carbons (Fsp3) is 0.235. The Balaban J connectivity index is 2.94. The number of nitrogens with one attached hydrogen (secondary N) is 1. The van der Waals surface area contributed by atoms with Gasteiger partial charge in [-0.05, 0) is 40.8 Å². The fourth-order valence-electron chi connectivity index (χ4n) is 2.49. The van der Waals surface area contributed by atoms with Crippen molar-refractivity contribution in [2.45, 2.75) is 31.1 Å². The zero-order valence-electron chi connectivity index (χ0n) is 14.4. The van der Waals surface area contributed by atoms with Crippen LogP contribution in [-0.4, -0.2) is 14.3 Å². The van der Waals surface area contributed by atoms with Crippen molar-refractivity contribution in [3.63, 3.8) is 0 Å². The summed E-state index contributed by atoms with van der Waals surface area (Å²) in [7, 11) is -4.20. The van der Waals surface area contributed by atoms with E-state index in [2.05, 4.69) is 0 Å². The highest BCUT2D eigenvalue weighted by Crippen LogP contribution is 2.35. The van der Waals surface area contributed by atoms with Gasteiger partial charge in [-0.3, -0.25) is 10.2 Å². The number of nitrogens with two attached hydrogens (primary N) is 2. The summed E-state index contributed by atoms with van der Waals surface area (Å²) in [6, 6.07) is 5.74. The van der Waals surface area contributed by atoms with E-state index in [1.807, 2.05) is 26.2 Å².